The van der Waals surface area contributed by atoms with Gasteiger partial charge in [0.1, 0.15) is 11.5 Å². The topological polar surface area (TPSA) is 72.1 Å². The number of aromatic nitrogens is 2. The first-order valence-corrected chi connectivity index (χ1v) is 5.50. The minimum Gasteiger partial charge on any atom is -0.326 e. The van der Waals surface area contributed by atoms with Gasteiger partial charge < -0.3 is 10.6 Å². The first-order valence-electron chi connectivity index (χ1n) is 4.74. The van der Waals surface area contributed by atoms with Crippen LogP contribution in [-0.4, -0.2) is 28.5 Å². The molecule has 0 bridgehead atoms. The van der Waals surface area contributed by atoms with Crippen molar-refractivity contribution in [3.05, 3.63) is 16.1 Å². The van der Waals surface area contributed by atoms with E-state index in [0.29, 0.717) is 24.5 Å². The van der Waals surface area contributed by atoms with Gasteiger partial charge in [0.05, 0.1) is 0 Å². The monoisotopic (exact) mass is 260 g/mol. The lowest BCUT2D eigenvalue weighted by molar-refractivity contribution is -0.117. The number of halogens is 2. The largest absolute Gasteiger partial charge is 0.326 e. The lowest BCUT2D eigenvalue weighted by atomic mass is 10.3. The molecule has 1 fully saturated rings. The average Bonchev–Trinajstić information content (AvgIpc) is 2.43. The number of nitrogens with two attached hydrogens (primary N) is 1. The minimum atomic E-state index is -0.194. The molecule has 0 spiro atoms. The summed E-state index contributed by atoms with van der Waals surface area (Å²) in [6.07, 6.45) is 0.292. The van der Waals surface area contributed by atoms with Gasteiger partial charge in [0.15, 0.2) is 10.3 Å². The molecule has 0 aliphatic carbocycles. The fourth-order valence-electron chi connectivity index (χ4n) is 1.67. The van der Waals surface area contributed by atoms with Gasteiger partial charge in [0.25, 0.3) is 0 Å². The van der Waals surface area contributed by atoms with Crippen molar-refractivity contribution in [1.82, 2.24) is 9.97 Å². The van der Waals surface area contributed by atoms with Gasteiger partial charge in [-0.05, 0) is 6.92 Å². The van der Waals surface area contributed by atoms with E-state index in [-0.39, 0.29) is 22.3 Å². The SMILES string of the molecule is Cc1nc(Cl)c(N2CC(N)CC2=O)c(Cl)n1. The van der Waals surface area contributed by atoms with Crippen molar-refractivity contribution in [2.75, 3.05) is 11.4 Å². The summed E-state index contributed by atoms with van der Waals surface area (Å²) in [5.41, 5.74) is 6.05. The molecule has 1 aromatic rings. The van der Waals surface area contributed by atoms with Gasteiger partial charge in [0.2, 0.25) is 5.91 Å². The third-order valence-electron chi connectivity index (χ3n) is 2.34. The molecule has 1 saturated heterocycles. The summed E-state index contributed by atoms with van der Waals surface area (Å²) < 4.78 is 0. The molecule has 2 heterocycles. The zero-order valence-electron chi connectivity index (χ0n) is 8.57. The Kier molecular flexibility index (Phi) is 3.01. The maximum Gasteiger partial charge on any atom is 0.228 e. The van der Waals surface area contributed by atoms with Crippen molar-refractivity contribution in [3.8, 4) is 0 Å². The van der Waals surface area contributed by atoms with Crippen molar-refractivity contribution in [1.29, 1.82) is 0 Å². The number of nitrogens with zero attached hydrogens (tertiary/aromatic N) is 3. The van der Waals surface area contributed by atoms with Crippen LogP contribution in [0.2, 0.25) is 10.3 Å². The highest BCUT2D eigenvalue weighted by Gasteiger charge is 2.31. The Labute approximate surface area is 103 Å². The molecule has 5 nitrogen and oxygen atoms in total. The number of amides is 1. The molecule has 2 rings (SSSR count). The summed E-state index contributed by atoms with van der Waals surface area (Å²) in [6.45, 7) is 2.07. The second-order valence-corrected chi connectivity index (χ2v) is 4.39. The molecule has 7 heteroatoms. The molecule has 0 aromatic carbocycles. The molecule has 0 radical (unpaired) electrons. The summed E-state index contributed by atoms with van der Waals surface area (Å²) in [5, 5.41) is 0.361. The van der Waals surface area contributed by atoms with Crippen LogP contribution in [0.25, 0.3) is 0 Å². The number of aryl methyl sites for hydroxylation is 1. The summed E-state index contributed by atoms with van der Waals surface area (Å²) in [4.78, 5) is 21.0. The van der Waals surface area contributed by atoms with Gasteiger partial charge in [-0.3, -0.25) is 4.79 Å². The predicted octanol–water partition coefficient (Wildman–Crippen LogP) is 1.16. The lowest BCUT2D eigenvalue weighted by Crippen LogP contribution is -2.29. The normalized spacial score (nSPS) is 20.6. The second kappa shape index (κ2) is 4.16. The molecule has 1 atom stereocenters. The fourth-order valence-corrected chi connectivity index (χ4v) is 2.35. The first kappa shape index (κ1) is 11.6. The Balaban J connectivity index is 2.44. The zero-order chi connectivity index (χ0) is 11.9. The van der Waals surface area contributed by atoms with Crippen molar-refractivity contribution in [2.24, 2.45) is 5.73 Å². The Morgan fingerprint density at radius 2 is 1.94 bits per heavy atom. The summed E-state index contributed by atoms with van der Waals surface area (Å²) >= 11 is 11.9. The molecular weight excluding hydrogens is 251 g/mol. The van der Waals surface area contributed by atoms with Crippen molar-refractivity contribution >= 4 is 34.8 Å². The van der Waals surface area contributed by atoms with Gasteiger partial charge in [-0.2, -0.15) is 0 Å². The Hall–Kier alpha value is -0.910. The highest BCUT2D eigenvalue weighted by Crippen LogP contribution is 2.33. The summed E-state index contributed by atoms with van der Waals surface area (Å²) in [6, 6.07) is -0.194. The maximum atomic E-state index is 11.6. The second-order valence-electron chi connectivity index (χ2n) is 3.67. The molecule has 86 valence electrons. The van der Waals surface area contributed by atoms with E-state index in [9.17, 15) is 4.79 Å². The number of anilines is 1. The Morgan fingerprint density at radius 1 is 1.38 bits per heavy atom. The van der Waals surface area contributed by atoms with E-state index in [4.69, 9.17) is 28.9 Å². The van der Waals surface area contributed by atoms with E-state index in [2.05, 4.69) is 9.97 Å². The van der Waals surface area contributed by atoms with Crippen LogP contribution in [0.5, 0.6) is 0 Å². The van der Waals surface area contributed by atoms with Crippen LogP contribution in [0.15, 0.2) is 0 Å². The molecule has 1 amide bonds. The van der Waals surface area contributed by atoms with E-state index in [1.165, 1.54) is 4.90 Å². The van der Waals surface area contributed by atoms with Gasteiger partial charge in [-0.25, -0.2) is 9.97 Å². The molecule has 16 heavy (non-hydrogen) atoms. The standard InChI is InChI=1S/C9H10Cl2N4O/c1-4-13-8(10)7(9(11)14-4)15-3-5(12)2-6(15)16/h5H,2-3,12H2,1H3. The van der Waals surface area contributed by atoms with E-state index >= 15 is 0 Å². The van der Waals surface area contributed by atoms with E-state index < -0.39 is 0 Å². The highest BCUT2D eigenvalue weighted by atomic mass is 35.5. The number of carbonyl (C=O) groups excluding carboxylic acids is 1. The van der Waals surface area contributed by atoms with Crippen LogP contribution >= 0.6 is 23.2 Å². The molecule has 1 unspecified atom stereocenters. The maximum absolute atomic E-state index is 11.6. The molecular formula is C9H10Cl2N4O. The predicted molar refractivity (Wildman–Crippen MR) is 61.7 cm³/mol. The van der Waals surface area contributed by atoms with Gasteiger partial charge in [0, 0.05) is 19.0 Å². The van der Waals surface area contributed by atoms with Crippen LogP contribution in [0, 0.1) is 6.92 Å². The summed E-state index contributed by atoms with van der Waals surface area (Å²) in [7, 11) is 0. The van der Waals surface area contributed by atoms with E-state index in [1.807, 2.05) is 0 Å². The average molecular weight is 261 g/mol. The molecule has 1 aromatic heterocycles. The Bertz CT molecular complexity index is 428. The third kappa shape index (κ3) is 1.98. The number of hydrogen-bond donors (Lipinski definition) is 1. The van der Waals surface area contributed by atoms with Gasteiger partial charge in [-0.1, -0.05) is 23.2 Å². The molecule has 2 N–H and O–H groups in total. The van der Waals surface area contributed by atoms with E-state index in [0.717, 1.165) is 0 Å². The zero-order valence-corrected chi connectivity index (χ0v) is 10.1. The van der Waals surface area contributed by atoms with Crippen molar-refractivity contribution < 1.29 is 4.79 Å². The van der Waals surface area contributed by atoms with Crippen LogP contribution < -0.4 is 10.6 Å². The molecule has 0 saturated carbocycles. The fraction of sp³-hybridized carbons (Fsp3) is 0.444. The highest BCUT2D eigenvalue weighted by molar-refractivity contribution is 6.38. The quantitative estimate of drug-likeness (QED) is 0.770. The van der Waals surface area contributed by atoms with E-state index in [1.54, 1.807) is 6.92 Å². The van der Waals surface area contributed by atoms with Crippen molar-refractivity contribution in [2.45, 2.75) is 19.4 Å². The molecule has 1 aliphatic heterocycles. The molecule has 1 aliphatic rings. The number of hydrogen-bond acceptors (Lipinski definition) is 4. The van der Waals surface area contributed by atoms with Gasteiger partial charge in [-0.15, -0.1) is 0 Å². The van der Waals surface area contributed by atoms with Gasteiger partial charge >= 0.3 is 0 Å². The minimum absolute atomic E-state index is 0.108. The number of carbonyl (C=O) groups is 1. The van der Waals surface area contributed by atoms with Crippen LogP contribution in [0.3, 0.4) is 0 Å². The lowest BCUT2D eigenvalue weighted by Gasteiger charge is -2.18. The van der Waals surface area contributed by atoms with Crippen LogP contribution in [0.4, 0.5) is 5.69 Å². The first-order chi connectivity index (χ1) is 7.49. The smallest absolute Gasteiger partial charge is 0.228 e. The third-order valence-corrected chi connectivity index (χ3v) is 2.86. The van der Waals surface area contributed by atoms with Crippen molar-refractivity contribution in [3.63, 3.8) is 0 Å². The van der Waals surface area contributed by atoms with Crippen LogP contribution in [-0.2, 0) is 4.79 Å². The Morgan fingerprint density at radius 3 is 2.38 bits per heavy atom. The number of rotatable bonds is 1. The summed E-state index contributed by atoms with van der Waals surface area (Å²) in [5.74, 6) is 0.360. The van der Waals surface area contributed by atoms with Crippen LogP contribution in [0.1, 0.15) is 12.2 Å².